The molecule has 2 rings (SSSR count). The second kappa shape index (κ2) is 3.73. The number of fused-ring (bicyclic) bond motifs is 1. The van der Waals surface area contributed by atoms with Gasteiger partial charge in [-0.3, -0.25) is 4.40 Å². The molecule has 78 valence electrons. The molecule has 0 aliphatic carbocycles. The van der Waals surface area contributed by atoms with Gasteiger partial charge < -0.3 is 0 Å². The zero-order valence-corrected chi connectivity index (χ0v) is 8.68. The Kier molecular flexibility index (Phi) is 2.41. The molecule has 2 aromatic heterocycles. The first-order valence-corrected chi connectivity index (χ1v) is 4.93. The van der Waals surface area contributed by atoms with E-state index in [-0.39, 0.29) is 5.69 Å². The highest BCUT2D eigenvalue weighted by Crippen LogP contribution is 2.00. The van der Waals surface area contributed by atoms with Crippen LogP contribution < -0.4 is 5.69 Å². The molecule has 0 fully saturated rings. The van der Waals surface area contributed by atoms with Gasteiger partial charge in [-0.05, 0) is 18.6 Å². The molecular formula is C11H13N3O. The van der Waals surface area contributed by atoms with E-state index < -0.39 is 0 Å². The topological polar surface area (TPSA) is 39.3 Å². The van der Waals surface area contributed by atoms with Crippen molar-refractivity contribution in [3.05, 3.63) is 47.0 Å². The summed E-state index contributed by atoms with van der Waals surface area (Å²) in [5.41, 5.74) is 1.56. The van der Waals surface area contributed by atoms with E-state index in [1.54, 1.807) is 6.20 Å². The standard InChI is InChI=1S/C11H13N3O/c1-3-9(2)8-14-11(15)13-7-5-4-6-10(13)12-14/h4-7H,2-3,8H2,1H3. The second-order valence-corrected chi connectivity index (χ2v) is 3.47. The summed E-state index contributed by atoms with van der Waals surface area (Å²) in [5, 5.41) is 4.21. The third-order valence-corrected chi connectivity index (χ3v) is 2.36. The Labute approximate surface area is 87.5 Å². The summed E-state index contributed by atoms with van der Waals surface area (Å²) in [5.74, 6) is 0. The Balaban J connectivity index is 2.49. The van der Waals surface area contributed by atoms with Crippen LogP contribution in [0.15, 0.2) is 41.3 Å². The molecule has 0 amide bonds. The zero-order valence-electron chi connectivity index (χ0n) is 8.68. The highest BCUT2D eigenvalue weighted by atomic mass is 16.2. The van der Waals surface area contributed by atoms with Crippen LogP contribution in [0.25, 0.3) is 5.65 Å². The quantitative estimate of drug-likeness (QED) is 0.708. The lowest BCUT2D eigenvalue weighted by atomic mass is 10.2. The van der Waals surface area contributed by atoms with Crippen molar-refractivity contribution in [2.24, 2.45) is 0 Å². The molecule has 0 N–H and O–H groups in total. The fourth-order valence-electron chi connectivity index (χ4n) is 1.39. The van der Waals surface area contributed by atoms with Gasteiger partial charge >= 0.3 is 5.69 Å². The van der Waals surface area contributed by atoms with E-state index in [1.807, 2.05) is 25.1 Å². The van der Waals surface area contributed by atoms with Gasteiger partial charge in [0.25, 0.3) is 0 Å². The third-order valence-electron chi connectivity index (χ3n) is 2.36. The van der Waals surface area contributed by atoms with Crippen LogP contribution in [0.5, 0.6) is 0 Å². The van der Waals surface area contributed by atoms with Gasteiger partial charge in [-0.2, -0.15) is 0 Å². The van der Waals surface area contributed by atoms with Gasteiger partial charge in [0.05, 0.1) is 6.54 Å². The normalized spacial score (nSPS) is 10.7. The summed E-state index contributed by atoms with van der Waals surface area (Å²) >= 11 is 0. The van der Waals surface area contributed by atoms with Crippen LogP contribution in [0, 0.1) is 0 Å². The van der Waals surface area contributed by atoms with Gasteiger partial charge in [0.1, 0.15) is 0 Å². The third kappa shape index (κ3) is 1.70. The molecule has 0 unspecified atom stereocenters. The monoisotopic (exact) mass is 203 g/mol. The maximum atomic E-state index is 11.8. The Morgan fingerprint density at radius 2 is 2.33 bits per heavy atom. The molecule has 4 heteroatoms. The maximum absolute atomic E-state index is 11.8. The van der Waals surface area contributed by atoms with Crippen molar-refractivity contribution in [2.75, 3.05) is 0 Å². The van der Waals surface area contributed by atoms with Crippen LogP contribution in [0.2, 0.25) is 0 Å². The number of hydrogen-bond donors (Lipinski definition) is 0. The predicted molar refractivity (Wildman–Crippen MR) is 58.9 cm³/mol. The second-order valence-electron chi connectivity index (χ2n) is 3.47. The summed E-state index contributed by atoms with van der Waals surface area (Å²) in [7, 11) is 0. The summed E-state index contributed by atoms with van der Waals surface area (Å²) in [6.45, 7) is 6.38. The van der Waals surface area contributed by atoms with Crippen LogP contribution in [-0.4, -0.2) is 14.2 Å². The Hall–Kier alpha value is -1.84. The van der Waals surface area contributed by atoms with E-state index in [9.17, 15) is 4.79 Å². The van der Waals surface area contributed by atoms with E-state index in [2.05, 4.69) is 11.7 Å². The predicted octanol–water partition coefficient (Wildman–Crippen LogP) is 1.46. The average molecular weight is 203 g/mol. The molecule has 0 aliphatic heterocycles. The molecule has 0 spiro atoms. The first-order chi connectivity index (χ1) is 7.22. The average Bonchev–Trinajstić information content (AvgIpc) is 2.57. The Morgan fingerprint density at radius 3 is 3.00 bits per heavy atom. The summed E-state index contributed by atoms with van der Waals surface area (Å²) in [4.78, 5) is 11.8. The van der Waals surface area contributed by atoms with E-state index in [4.69, 9.17) is 0 Å². The fraction of sp³-hybridized carbons (Fsp3) is 0.273. The van der Waals surface area contributed by atoms with Crippen molar-refractivity contribution in [1.29, 1.82) is 0 Å². The van der Waals surface area contributed by atoms with Crippen molar-refractivity contribution in [3.8, 4) is 0 Å². The van der Waals surface area contributed by atoms with Crippen LogP contribution in [0.3, 0.4) is 0 Å². The highest BCUT2D eigenvalue weighted by Gasteiger charge is 2.05. The smallest absolute Gasteiger partial charge is 0.250 e. The van der Waals surface area contributed by atoms with Gasteiger partial charge in [-0.25, -0.2) is 9.48 Å². The molecule has 0 aliphatic rings. The minimum absolute atomic E-state index is 0.111. The van der Waals surface area contributed by atoms with E-state index in [0.29, 0.717) is 12.2 Å². The first-order valence-electron chi connectivity index (χ1n) is 4.93. The van der Waals surface area contributed by atoms with Crippen molar-refractivity contribution in [1.82, 2.24) is 14.2 Å². The molecule has 2 heterocycles. The van der Waals surface area contributed by atoms with Crippen molar-refractivity contribution in [2.45, 2.75) is 19.9 Å². The molecule has 4 nitrogen and oxygen atoms in total. The molecule has 0 bridgehead atoms. The number of rotatable bonds is 3. The van der Waals surface area contributed by atoms with Gasteiger partial charge in [-0.15, -0.1) is 5.10 Å². The van der Waals surface area contributed by atoms with Crippen molar-refractivity contribution in [3.63, 3.8) is 0 Å². The summed E-state index contributed by atoms with van der Waals surface area (Å²) < 4.78 is 2.98. The molecule has 0 radical (unpaired) electrons. The van der Waals surface area contributed by atoms with Crippen molar-refractivity contribution < 1.29 is 0 Å². The lowest BCUT2D eigenvalue weighted by molar-refractivity contribution is 0.639. The highest BCUT2D eigenvalue weighted by molar-refractivity contribution is 5.35. The number of nitrogens with zero attached hydrogens (tertiary/aromatic N) is 3. The Bertz CT molecular complexity index is 550. The summed E-state index contributed by atoms with van der Waals surface area (Å²) in [6.07, 6.45) is 2.58. The first kappa shape index (κ1) is 9.71. The summed E-state index contributed by atoms with van der Waals surface area (Å²) in [6, 6.07) is 5.49. The minimum Gasteiger partial charge on any atom is -0.250 e. The van der Waals surface area contributed by atoms with E-state index in [1.165, 1.54) is 9.08 Å². The largest absolute Gasteiger partial charge is 0.350 e. The molecule has 2 aromatic rings. The van der Waals surface area contributed by atoms with Gasteiger partial charge in [-0.1, -0.05) is 25.1 Å². The number of hydrogen-bond acceptors (Lipinski definition) is 2. The lowest BCUT2D eigenvalue weighted by Gasteiger charge is -1.99. The van der Waals surface area contributed by atoms with E-state index in [0.717, 1.165) is 12.0 Å². The Morgan fingerprint density at radius 1 is 1.53 bits per heavy atom. The van der Waals surface area contributed by atoms with Crippen molar-refractivity contribution >= 4 is 5.65 Å². The maximum Gasteiger partial charge on any atom is 0.350 e. The van der Waals surface area contributed by atoms with Crippen LogP contribution in [-0.2, 0) is 6.54 Å². The lowest BCUT2D eigenvalue weighted by Crippen LogP contribution is -2.21. The molecule has 0 aromatic carbocycles. The van der Waals surface area contributed by atoms with Crippen LogP contribution >= 0.6 is 0 Å². The van der Waals surface area contributed by atoms with Crippen LogP contribution in [0.1, 0.15) is 13.3 Å². The molecule has 0 atom stereocenters. The van der Waals surface area contributed by atoms with Gasteiger partial charge in [0, 0.05) is 6.20 Å². The van der Waals surface area contributed by atoms with E-state index >= 15 is 0 Å². The molecular weight excluding hydrogens is 190 g/mol. The number of aromatic nitrogens is 3. The molecule has 0 saturated heterocycles. The zero-order chi connectivity index (χ0) is 10.8. The number of allylic oxidation sites excluding steroid dienone is 1. The molecule has 0 saturated carbocycles. The SMILES string of the molecule is C=C(CC)Cn1nc2ccccn2c1=O. The minimum atomic E-state index is -0.111. The number of pyridine rings is 1. The van der Waals surface area contributed by atoms with Gasteiger partial charge in [0.2, 0.25) is 0 Å². The van der Waals surface area contributed by atoms with Gasteiger partial charge in [0.15, 0.2) is 5.65 Å². The fourth-order valence-corrected chi connectivity index (χ4v) is 1.39. The van der Waals surface area contributed by atoms with Crippen LogP contribution in [0.4, 0.5) is 0 Å². The molecule has 15 heavy (non-hydrogen) atoms.